The standard InChI is InChI=1S/C19H20N2O3/c1-20-11-5-8-17(20)19(23)24-14-18(22)21-12-9-16(10-13-21)15-6-3-2-4-7-15/h2-9,11H,10,12-14H2,1H3. The molecule has 0 N–H and O–H groups in total. The molecule has 124 valence electrons. The summed E-state index contributed by atoms with van der Waals surface area (Å²) in [6.07, 6.45) is 4.64. The quantitative estimate of drug-likeness (QED) is 0.812. The number of aromatic nitrogens is 1. The zero-order valence-corrected chi connectivity index (χ0v) is 13.6. The zero-order chi connectivity index (χ0) is 16.9. The maximum atomic E-state index is 12.2. The van der Waals surface area contributed by atoms with Crippen LogP contribution in [0.15, 0.2) is 54.7 Å². The second-order valence-electron chi connectivity index (χ2n) is 5.77. The number of hydrogen-bond donors (Lipinski definition) is 0. The molecule has 0 aliphatic carbocycles. The molecule has 1 aromatic carbocycles. The Bertz CT molecular complexity index is 762. The number of aryl methyl sites for hydroxylation is 1. The molecule has 0 spiro atoms. The zero-order valence-electron chi connectivity index (χ0n) is 13.6. The van der Waals surface area contributed by atoms with Gasteiger partial charge in [-0.05, 0) is 29.7 Å². The molecule has 0 unspecified atom stereocenters. The highest BCUT2D eigenvalue weighted by Gasteiger charge is 2.20. The number of hydrogen-bond acceptors (Lipinski definition) is 3. The maximum absolute atomic E-state index is 12.2. The first-order valence-electron chi connectivity index (χ1n) is 7.96. The van der Waals surface area contributed by atoms with Crippen molar-refractivity contribution in [1.82, 2.24) is 9.47 Å². The molecule has 0 radical (unpaired) electrons. The summed E-state index contributed by atoms with van der Waals surface area (Å²) >= 11 is 0. The summed E-state index contributed by atoms with van der Waals surface area (Å²) in [6, 6.07) is 13.6. The summed E-state index contributed by atoms with van der Waals surface area (Å²) in [7, 11) is 1.76. The Morgan fingerprint density at radius 2 is 1.92 bits per heavy atom. The lowest BCUT2D eigenvalue weighted by Crippen LogP contribution is -2.37. The Balaban J connectivity index is 1.53. The predicted octanol–water partition coefficient (Wildman–Crippen LogP) is 2.50. The van der Waals surface area contributed by atoms with Gasteiger partial charge in [0.2, 0.25) is 0 Å². The molecule has 0 atom stereocenters. The van der Waals surface area contributed by atoms with E-state index >= 15 is 0 Å². The van der Waals surface area contributed by atoms with Crippen LogP contribution < -0.4 is 0 Å². The van der Waals surface area contributed by atoms with E-state index in [1.165, 1.54) is 11.1 Å². The van der Waals surface area contributed by atoms with Crippen LogP contribution in [0, 0.1) is 0 Å². The number of benzene rings is 1. The van der Waals surface area contributed by atoms with Crippen molar-refractivity contribution in [3.05, 3.63) is 66.0 Å². The van der Waals surface area contributed by atoms with Gasteiger partial charge in [0.1, 0.15) is 5.69 Å². The van der Waals surface area contributed by atoms with Crippen molar-refractivity contribution in [1.29, 1.82) is 0 Å². The van der Waals surface area contributed by atoms with E-state index in [2.05, 4.69) is 18.2 Å². The fraction of sp³-hybridized carbons (Fsp3) is 0.263. The van der Waals surface area contributed by atoms with Crippen molar-refractivity contribution in [3.8, 4) is 0 Å². The summed E-state index contributed by atoms with van der Waals surface area (Å²) in [4.78, 5) is 25.9. The van der Waals surface area contributed by atoms with Crippen LogP contribution in [-0.2, 0) is 16.6 Å². The van der Waals surface area contributed by atoms with Crippen molar-refractivity contribution in [2.45, 2.75) is 6.42 Å². The predicted molar refractivity (Wildman–Crippen MR) is 91.3 cm³/mol. The van der Waals surface area contributed by atoms with Crippen LogP contribution in [0.1, 0.15) is 22.5 Å². The average Bonchev–Trinajstić information content (AvgIpc) is 3.06. The topological polar surface area (TPSA) is 51.5 Å². The van der Waals surface area contributed by atoms with Crippen molar-refractivity contribution in [2.24, 2.45) is 7.05 Å². The van der Waals surface area contributed by atoms with Gasteiger partial charge in [-0.1, -0.05) is 36.4 Å². The number of carbonyl (C=O) groups excluding carboxylic acids is 2. The Kier molecular flexibility index (Phi) is 4.79. The second-order valence-corrected chi connectivity index (χ2v) is 5.77. The molecule has 0 fully saturated rings. The molecular weight excluding hydrogens is 304 g/mol. The Morgan fingerprint density at radius 1 is 1.12 bits per heavy atom. The smallest absolute Gasteiger partial charge is 0.355 e. The van der Waals surface area contributed by atoms with Crippen LogP contribution >= 0.6 is 0 Å². The molecule has 2 aromatic rings. The third kappa shape index (κ3) is 3.56. The summed E-state index contributed by atoms with van der Waals surface area (Å²) < 4.78 is 6.79. The van der Waals surface area contributed by atoms with E-state index < -0.39 is 5.97 Å². The van der Waals surface area contributed by atoms with Crippen LogP contribution in [-0.4, -0.2) is 41.0 Å². The lowest BCUT2D eigenvalue weighted by molar-refractivity contribution is -0.134. The van der Waals surface area contributed by atoms with Crippen molar-refractivity contribution in [3.63, 3.8) is 0 Å². The molecule has 2 heterocycles. The van der Waals surface area contributed by atoms with Gasteiger partial charge in [-0.3, -0.25) is 4.79 Å². The number of carbonyl (C=O) groups is 2. The first kappa shape index (κ1) is 16.1. The highest BCUT2D eigenvalue weighted by molar-refractivity contribution is 5.90. The van der Waals surface area contributed by atoms with Gasteiger partial charge in [0.05, 0.1) is 0 Å². The molecule has 5 heteroatoms. The Labute approximate surface area is 141 Å². The van der Waals surface area contributed by atoms with E-state index in [0.717, 1.165) is 6.42 Å². The number of rotatable bonds is 4. The Morgan fingerprint density at radius 3 is 2.54 bits per heavy atom. The fourth-order valence-electron chi connectivity index (χ4n) is 2.78. The third-order valence-corrected chi connectivity index (χ3v) is 4.19. The lowest BCUT2D eigenvalue weighted by Gasteiger charge is -2.26. The molecule has 1 amide bonds. The molecule has 1 aliphatic rings. The van der Waals surface area contributed by atoms with Crippen LogP contribution in [0.3, 0.4) is 0 Å². The number of ether oxygens (including phenoxy) is 1. The van der Waals surface area contributed by atoms with Gasteiger partial charge < -0.3 is 14.2 Å². The molecule has 0 bridgehead atoms. The van der Waals surface area contributed by atoms with Gasteiger partial charge in [0.15, 0.2) is 6.61 Å². The van der Waals surface area contributed by atoms with E-state index in [4.69, 9.17) is 4.74 Å². The van der Waals surface area contributed by atoms with Gasteiger partial charge in [0.25, 0.3) is 5.91 Å². The van der Waals surface area contributed by atoms with Crippen LogP contribution in [0.5, 0.6) is 0 Å². The SMILES string of the molecule is Cn1cccc1C(=O)OCC(=O)N1CC=C(c2ccccc2)CC1. The average molecular weight is 324 g/mol. The maximum Gasteiger partial charge on any atom is 0.355 e. The van der Waals surface area contributed by atoms with Gasteiger partial charge >= 0.3 is 5.97 Å². The fourth-order valence-corrected chi connectivity index (χ4v) is 2.78. The number of nitrogens with zero attached hydrogens (tertiary/aromatic N) is 2. The lowest BCUT2D eigenvalue weighted by atomic mass is 10.00. The molecule has 1 aromatic heterocycles. The summed E-state index contributed by atoms with van der Waals surface area (Å²) in [5, 5.41) is 0. The van der Waals surface area contributed by atoms with Crippen LogP contribution in [0.25, 0.3) is 5.57 Å². The minimum atomic E-state index is -0.478. The van der Waals surface area contributed by atoms with E-state index in [-0.39, 0.29) is 12.5 Å². The monoisotopic (exact) mass is 324 g/mol. The summed E-state index contributed by atoms with van der Waals surface area (Å²) in [5.74, 6) is -0.644. The van der Waals surface area contributed by atoms with Crippen LogP contribution in [0.2, 0.25) is 0 Å². The Hall–Kier alpha value is -2.82. The molecule has 0 saturated heterocycles. The van der Waals surface area contributed by atoms with Gasteiger partial charge in [0, 0.05) is 26.3 Å². The minimum absolute atomic E-state index is 0.166. The number of amides is 1. The highest BCUT2D eigenvalue weighted by Crippen LogP contribution is 2.22. The summed E-state index contributed by atoms with van der Waals surface area (Å²) in [6.45, 7) is 0.963. The van der Waals surface area contributed by atoms with Gasteiger partial charge in [-0.15, -0.1) is 0 Å². The normalized spacial score (nSPS) is 14.2. The largest absolute Gasteiger partial charge is 0.451 e. The molecule has 5 nitrogen and oxygen atoms in total. The van der Waals surface area contributed by atoms with E-state index in [9.17, 15) is 9.59 Å². The summed E-state index contributed by atoms with van der Waals surface area (Å²) in [5.41, 5.74) is 2.88. The molecule has 1 aliphatic heterocycles. The second kappa shape index (κ2) is 7.17. The van der Waals surface area contributed by atoms with Crippen LogP contribution in [0.4, 0.5) is 0 Å². The first-order valence-corrected chi connectivity index (χ1v) is 7.96. The van der Waals surface area contributed by atoms with E-state index in [1.807, 2.05) is 18.2 Å². The van der Waals surface area contributed by atoms with Crippen molar-refractivity contribution >= 4 is 17.4 Å². The third-order valence-electron chi connectivity index (χ3n) is 4.19. The van der Waals surface area contributed by atoms with Crippen molar-refractivity contribution in [2.75, 3.05) is 19.7 Å². The molecular formula is C19H20N2O3. The van der Waals surface area contributed by atoms with E-state index in [1.54, 1.807) is 34.8 Å². The van der Waals surface area contributed by atoms with Gasteiger partial charge in [-0.25, -0.2) is 4.79 Å². The van der Waals surface area contributed by atoms with E-state index in [0.29, 0.717) is 18.8 Å². The molecule has 0 saturated carbocycles. The number of esters is 1. The van der Waals surface area contributed by atoms with Crippen molar-refractivity contribution < 1.29 is 14.3 Å². The molecule has 3 rings (SSSR count). The van der Waals surface area contributed by atoms with Gasteiger partial charge in [-0.2, -0.15) is 0 Å². The highest BCUT2D eigenvalue weighted by atomic mass is 16.5. The minimum Gasteiger partial charge on any atom is -0.451 e. The first-order chi connectivity index (χ1) is 11.6. The molecule has 24 heavy (non-hydrogen) atoms.